The highest BCUT2D eigenvalue weighted by Crippen LogP contribution is 2.19. The van der Waals surface area contributed by atoms with Gasteiger partial charge in [0.2, 0.25) is 0 Å². The molecule has 5 nitrogen and oxygen atoms in total. The van der Waals surface area contributed by atoms with E-state index in [0.29, 0.717) is 26.4 Å². The summed E-state index contributed by atoms with van der Waals surface area (Å²) in [5, 5.41) is 0. The van der Waals surface area contributed by atoms with Crippen molar-refractivity contribution in [2.75, 3.05) is 26.9 Å². The highest BCUT2D eigenvalue weighted by Gasteiger charge is 2.12. The van der Waals surface area contributed by atoms with Crippen LogP contribution in [0.25, 0.3) is 0 Å². The molecule has 1 aromatic rings. The Morgan fingerprint density at radius 3 is 2.10 bits per heavy atom. The maximum absolute atomic E-state index is 11.6. The smallest absolute Gasteiger partial charge is 0.409 e. The van der Waals surface area contributed by atoms with E-state index in [4.69, 9.17) is 14.2 Å². The Morgan fingerprint density at radius 1 is 1.05 bits per heavy atom. The predicted octanol–water partition coefficient (Wildman–Crippen LogP) is 3.35. The quantitative estimate of drug-likeness (QED) is 0.690. The Hall–Kier alpha value is -1.59. The van der Waals surface area contributed by atoms with Crippen molar-refractivity contribution in [2.24, 2.45) is 0 Å². The van der Waals surface area contributed by atoms with Crippen LogP contribution in [0.4, 0.5) is 4.79 Å². The number of carbonyl (C=O) groups excluding carboxylic acids is 1. The van der Waals surface area contributed by atoms with E-state index in [1.165, 1.54) is 0 Å². The van der Waals surface area contributed by atoms with E-state index in [1.807, 2.05) is 38.1 Å². The first-order valence-electron chi connectivity index (χ1n) is 7.32. The summed E-state index contributed by atoms with van der Waals surface area (Å²) in [6.45, 7) is 7.75. The molecule has 5 heteroatoms. The lowest BCUT2D eigenvalue weighted by atomic mass is 10.1. The third-order valence-electron chi connectivity index (χ3n) is 2.89. The zero-order valence-corrected chi connectivity index (χ0v) is 13.3. The van der Waals surface area contributed by atoms with Crippen molar-refractivity contribution in [2.45, 2.75) is 33.6 Å². The van der Waals surface area contributed by atoms with Crippen LogP contribution in [0.2, 0.25) is 0 Å². The molecule has 0 spiro atoms. The van der Waals surface area contributed by atoms with Crippen molar-refractivity contribution >= 4 is 6.09 Å². The summed E-state index contributed by atoms with van der Waals surface area (Å²) in [7, 11) is 1.72. The predicted molar refractivity (Wildman–Crippen MR) is 80.9 cm³/mol. The molecule has 0 saturated heterocycles. The van der Waals surface area contributed by atoms with Gasteiger partial charge < -0.3 is 19.1 Å². The van der Waals surface area contributed by atoms with Crippen LogP contribution in [0.3, 0.4) is 0 Å². The number of hydrogen-bond donors (Lipinski definition) is 0. The van der Waals surface area contributed by atoms with Crippen LogP contribution in [-0.4, -0.2) is 37.9 Å². The van der Waals surface area contributed by atoms with Gasteiger partial charge in [-0.05, 0) is 26.3 Å². The van der Waals surface area contributed by atoms with Crippen LogP contribution < -0.4 is 0 Å². The number of amides is 1. The number of benzene rings is 1. The Kier molecular flexibility index (Phi) is 7.79. The molecular formula is C16H25NO4. The summed E-state index contributed by atoms with van der Waals surface area (Å²) >= 11 is 0. The minimum absolute atomic E-state index is 0.317. The molecule has 0 atom stereocenters. The lowest BCUT2D eigenvalue weighted by molar-refractivity contribution is -0.140. The molecule has 1 aromatic carbocycles. The van der Waals surface area contributed by atoms with E-state index in [1.54, 1.807) is 18.9 Å². The summed E-state index contributed by atoms with van der Waals surface area (Å²) in [5.74, 6) is 0. The summed E-state index contributed by atoms with van der Waals surface area (Å²) in [5.41, 5.74) is 2.00. The first kappa shape index (κ1) is 17.5. The Morgan fingerprint density at radius 2 is 1.62 bits per heavy atom. The monoisotopic (exact) mass is 295 g/mol. The Labute approximate surface area is 126 Å². The first-order chi connectivity index (χ1) is 10.1. The van der Waals surface area contributed by atoms with Gasteiger partial charge in [0.1, 0.15) is 0 Å². The average Bonchev–Trinajstić information content (AvgIpc) is 2.48. The fourth-order valence-corrected chi connectivity index (χ4v) is 1.90. The molecule has 1 rings (SSSR count). The highest BCUT2D eigenvalue weighted by atomic mass is 16.7. The van der Waals surface area contributed by atoms with Crippen molar-refractivity contribution in [1.82, 2.24) is 4.90 Å². The van der Waals surface area contributed by atoms with Crippen LogP contribution >= 0.6 is 0 Å². The van der Waals surface area contributed by atoms with E-state index < -0.39 is 0 Å². The van der Waals surface area contributed by atoms with Gasteiger partial charge in [-0.25, -0.2) is 4.79 Å². The fraction of sp³-hybridized carbons (Fsp3) is 0.562. The zero-order chi connectivity index (χ0) is 15.7. The molecule has 118 valence electrons. The highest BCUT2D eigenvalue weighted by molar-refractivity contribution is 5.67. The van der Waals surface area contributed by atoms with E-state index >= 15 is 0 Å². The molecule has 0 aliphatic heterocycles. The molecule has 0 bridgehead atoms. The van der Waals surface area contributed by atoms with Gasteiger partial charge in [-0.3, -0.25) is 0 Å². The summed E-state index contributed by atoms with van der Waals surface area (Å²) in [6, 6.07) is 7.86. The van der Waals surface area contributed by atoms with Gasteiger partial charge in [-0.1, -0.05) is 24.3 Å². The lowest BCUT2D eigenvalue weighted by Crippen LogP contribution is -2.26. The van der Waals surface area contributed by atoms with E-state index in [2.05, 4.69) is 0 Å². The average molecular weight is 295 g/mol. The molecule has 0 aliphatic rings. The molecule has 0 unspecified atom stereocenters. The molecular weight excluding hydrogens is 270 g/mol. The van der Waals surface area contributed by atoms with Crippen molar-refractivity contribution in [1.29, 1.82) is 0 Å². The summed E-state index contributed by atoms with van der Waals surface area (Å²) in [6.07, 6.45) is -0.653. The van der Waals surface area contributed by atoms with Gasteiger partial charge in [-0.2, -0.15) is 0 Å². The van der Waals surface area contributed by atoms with Crippen LogP contribution in [-0.2, 0) is 20.8 Å². The molecule has 0 fully saturated rings. The van der Waals surface area contributed by atoms with E-state index in [-0.39, 0.29) is 12.4 Å². The fourth-order valence-electron chi connectivity index (χ4n) is 1.90. The Bertz CT molecular complexity index is 413. The van der Waals surface area contributed by atoms with Crippen molar-refractivity contribution in [3.05, 3.63) is 35.4 Å². The largest absolute Gasteiger partial charge is 0.450 e. The molecule has 0 heterocycles. The van der Waals surface area contributed by atoms with Gasteiger partial charge in [0, 0.05) is 32.4 Å². The minimum Gasteiger partial charge on any atom is -0.450 e. The molecule has 0 aromatic heterocycles. The van der Waals surface area contributed by atoms with Crippen molar-refractivity contribution in [3.8, 4) is 0 Å². The third kappa shape index (κ3) is 5.73. The molecule has 0 N–H and O–H groups in total. The SMILES string of the molecule is CCOC(=O)N(C)Cc1ccc(C(OCC)OCC)cc1. The van der Waals surface area contributed by atoms with Crippen LogP contribution in [0.1, 0.15) is 38.2 Å². The van der Waals surface area contributed by atoms with Gasteiger partial charge in [0.25, 0.3) is 0 Å². The number of nitrogens with zero attached hydrogens (tertiary/aromatic N) is 1. The topological polar surface area (TPSA) is 48.0 Å². The second-order valence-corrected chi connectivity index (χ2v) is 4.54. The Balaban J connectivity index is 2.66. The number of rotatable bonds is 8. The molecule has 1 amide bonds. The van der Waals surface area contributed by atoms with Crippen LogP contribution in [0, 0.1) is 0 Å². The van der Waals surface area contributed by atoms with Gasteiger partial charge >= 0.3 is 6.09 Å². The first-order valence-corrected chi connectivity index (χ1v) is 7.32. The van der Waals surface area contributed by atoms with Gasteiger partial charge in [-0.15, -0.1) is 0 Å². The molecule has 0 saturated carbocycles. The van der Waals surface area contributed by atoms with E-state index in [9.17, 15) is 4.79 Å². The normalized spacial score (nSPS) is 10.7. The van der Waals surface area contributed by atoms with E-state index in [0.717, 1.165) is 11.1 Å². The number of ether oxygens (including phenoxy) is 3. The van der Waals surface area contributed by atoms with Gasteiger partial charge in [0.05, 0.1) is 6.61 Å². The van der Waals surface area contributed by atoms with Crippen LogP contribution in [0.15, 0.2) is 24.3 Å². The second kappa shape index (κ2) is 9.37. The second-order valence-electron chi connectivity index (χ2n) is 4.54. The zero-order valence-electron chi connectivity index (χ0n) is 13.3. The number of hydrogen-bond acceptors (Lipinski definition) is 4. The molecule has 0 radical (unpaired) electrons. The third-order valence-corrected chi connectivity index (χ3v) is 2.89. The molecule has 0 aliphatic carbocycles. The summed E-state index contributed by atoms with van der Waals surface area (Å²) < 4.78 is 16.1. The minimum atomic E-state index is -0.336. The maximum Gasteiger partial charge on any atom is 0.409 e. The van der Waals surface area contributed by atoms with Crippen molar-refractivity contribution in [3.63, 3.8) is 0 Å². The van der Waals surface area contributed by atoms with Gasteiger partial charge in [0.15, 0.2) is 6.29 Å². The number of carbonyl (C=O) groups is 1. The lowest BCUT2D eigenvalue weighted by Gasteiger charge is -2.19. The maximum atomic E-state index is 11.6. The van der Waals surface area contributed by atoms with Crippen LogP contribution in [0.5, 0.6) is 0 Å². The standard InChI is InChI=1S/C16H25NO4/c1-5-19-15(20-6-2)14-10-8-13(9-11-14)12-17(4)16(18)21-7-3/h8-11,15H,5-7,12H2,1-4H3. The summed E-state index contributed by atoms with van der Waals surface area (Å²) in [4.78, 5) is 13.1. The van der Waals surface area contributed by atoms with Crippen molar-refractivity contribution < 1.29 is 19.0 Å². The molecule has 21 heavy (non-hydrogen) atoms.